The molecule has 0 saturated heterocycles. The van der Waals surface area contributed by atoms with Crippen molar-refractivity contribution in [2.24, 2.45) is 0 Å². The van der Waals surface area contributed by atoms with Gasteiger partial charge in [-0.1, -0.05) is 36.4 Å². The van der Waals surface area contributed by atoms with Crippen LogP contribution in [0.1, 0.15) is 31.0 Å². The lowest BCUT2D eigenvalue weighted by atomic mass is 9.94. The largest absolute Gasteiger partial charge is 0.457 e. The number of para-hydroxylation sites is 2. The normalized spacial score (nSPS) is 14.3. The monoisotopic (exact) mass is 269 g/mol. The van der Waals surface area contributed by atoms with Gasteiger partial charge in [0.15, 0.2) is 0 Å². The molecule has 0 amide bonds. The van der Waals surface area contributed by atoms with Crippen molar-refractivity contribution in [1.82, 2.24) is 5.32 Å². The summed E-state index contributed by atoms with van der Waals surface area (Å²) in [4.78, 5) is 0. The van der Waals surface area contributed by atoms with Crippen LogP contribution < -0.4 is 10.1 Å². The highest BCUT2D eigenvalue weighted by atomic mass is 16.5. The van der Waals surface area contributed by atoms with Crippen LogP contribution >= 0.6 is 0 Å². The second-order valence-corrected chi connectivity index (χ2v) is 5.80. The molecule has 2 aromatic rings. The summed E-state index contributed by atoms with van der Waals surface area (Å²) in [6.45, 7) is 4.12. The van der Waals surface area contributed by atoms with E-state index in [2.05, 4.69) is 17.4 Å². The smallest absolute Gasteiger partial charge is 0.132 e. The van der Waals surface area contributed by atoms with Gasteiger partial charge < -0.3 is 15.2 Å². The molecule has 0 spiro atoms. The van der Waals surface area contributed by atoms with Gasteiger partial charge in [0.1, 0.15) is 11.5 Å². The molecule has 0 atom stereocenters. The number of nitrogens with one attached hydrogen (secondary N) is 1. The van der Waals surface area contributed by atoms with Gasteiger partial charge in [-0.3, -0.25) is 0 Å². The highest BCUT2D eigenvalue weighted by Gasteiger charge is 2.27. The standard InChI is InChI=1S/C17H19NO2/c1-17(2,19)11-18-16-12-7-3-5-9-14(12)20-15-10-6-4-8-13(15)16/h3-10,16,18-19H,11H2,1-2H3. The zero-order valence-electron chi connectivity index (χ0n) is 11.8. The molecular weight excluding hydrogens is 250 g/mol. The lowest BCUT2D eigenvalue weighted by Crippen LogP contribution is -2.38. The summed E-state index contributed by atoms with van der Waals surface area (Å²) in [6.07, 6.45) is 0. The third kappa shape index (κ3) is 2.55. The topological polar surface area (TPSA) is 41.5 Å². The SMILES string of the molecule is CC(C)(O)CNC1c2ccccc2Oc2ccccc21. The Labute approximate surface area is 119 Å². The molecule has 0 aliphatic carbocycles. The molecule has 3 nitrogen and oxygen atoms in total. The second-order valence-electron chi connectivity index (χ2n) is 5.80. The molecule has 3 heteroatoms. The van der Waals surface area contributed by atoms with Crippen LogP contribution in [0, 0.1) is 0 Å². The van der Waals surface area contributed by atoms with E-state index in [0.717, 1.165) is 22.6 Å². The van der Waals surface area contributed by atoms with E-state index in [1.165, 1.54) is 0 Å². The van der Waals surface area contributed by atoms with Crippen LogP contribution in [0.15, 0.2) is 48.5 Å². The number of benzene rings is 2. The minimum atomic E-state index is -0.748. The van der Waals surface area contributed by atoms with Gasteiger partial charge in [0.05, 0.1) is 11.6 Å². The van der Waals surface area contributed by atoms with Gasteiger partial charge in [0.2, 0.25) is 0 Å². The van der Waals surface area contributed by atoms with E-state index in [1.807, 2.05) is 36.4 Å². The summed E-state index contributed by atoms with van der Waals surface area (Å²) in [7, 11) is 0. The van der Waals surface area contributed by atoms with Crippen molar-refractivity contribution in [1.29, 1.82) is 0 Å². The minimum absolute atomic E-state index is 0.0441. The lowest BCUT2D eigenvalue weighted by Gasteiger charge is -2.31. The summed E-state index contributed by atoms with van der Waals surface area (Å²) in [5.41, 5.74) is 1.47. The lowest BCUT2D eigenvalue weighted by molar-refractivity contribution is 0.0774. The maximum Gasteiger partial charge on any atom is 0.132 e. The average Bonchev–Trinajstić information content (AvgIpc) is 2.42. The predicted molar refractivity (Wildman–Crippen MR) is 79.1 cm³/mol. The first-order chi connectivity index (χ1) is 9.54. The van der Waals surface area contributed by atoms with Crippen LogP contribution in [0.4, 0.5) is 0 Å². The third-order valence-electron chi connectivity index (χ3n) is 3.42. The van der Waals surface area contributed by atoms with Crippen LogP contribution in [-0.4, -0.2) is 17.3 Å². The highest BCUT2D eigenvalue weighted by Crippen LogP contribution is 2.42. The fraction of sp³-hybridized carbons (Fsp3) is 0.294. The van der Waals surface area contributed by atoms with Crippen LogP contribution in [0.3, 0.4) is 0 Å². The van der Waals surface area contributed by atoms with E-state index in [9.17, 15) is 5.11 Å². The maximum atomic E-state index is 9.95. The van der Waals surface area contributed by atoms with Crippen molar-refractivity contribution in [2.75, 3.05) is 6.54 Å². The molecular formula is C17H19NO2. The Morgan fingerprint density at radius 3 is 2.00 bits per heavy atom. The molecule has 3 rings (SSSR count). The Hall–Kier alpha value is -1.84. The van der Waals surface area contributed by atoms with Crippen molar-refractivity contribution in [2.45, 2.75) is 25.5 Å². The fourth-order valence-corrected chi connectivity index (χ4v) is 2.48. The first kappa shape index (κ1) is 13.2. The van der Waals surface area contributed by atoms with Crippen molar-refractivity contribution >= 4 is 0 Å². The molecule has 2 aromatic carbocycles. The molecule has 20 heavy (non-hydrogen) atoms. The molecule has 0 bridgehead atoms. The number of aliphatic hydroxyl groups is 1. The van der Waals surface area contributed by atoms with Gasteiger partial charge in [0, 0.05) is 17.7 Å². The Bertz CT molecular complexity index is 571. The number of hydrogen-bond donors (Lipinski definition) is 2. The Balaban J connectivity index is 1.99. The van der Waals surface area contributed by atoms with Gasteiger partial charge in [-0.15, -0.1) is 0 Å². The summed E-state index contributed by atoms with van der Waals surface area (Å²) in [5, 5.41) is 13.4. The first-order valence-corrected chi connectivity index (χ1v) is 6.86. The Morgan fingerprint density at radius 1 is 1.00 bits per heavy atom. The molecule has 2 N–H and O–H groups in total. The van der Waals surface area contributed by atoms with Crippen molar-refractivity contribution in [3.63, 3.8) is 0 Å². The zero-order valence-corrected chi connectivity index (χ0v) is 11.8. The molecule has 1 heterocycles. The van der Waals surface area contributed by atoms with Gasteiger partial charge in [-0.05, 0) is 26.0 Å². The molecule has 0 aromatic heterocycles. The van der Waals surface area contributed by atoms with E-state index in [-0.39, 0.29) is 6.04 Å². The molecule has 104 valence electrons. The van der Waals surface area contributed by atoms with Crippen molar-refractivity contribution < 1.29 is 9.84 Å². The van der Waals surface area contributed by atoms with Crippen LogP contribution in [0.25, 0.3) is 0 Å². The number of ether oxygens (including phenoxy) is 1. The summed E-state index contributed by atoms with van der Waals surface area (Å²) in [5.74, 6) is 1.75. The minimum Gasteiger partial charge on any atom is -0.457 e. The fourth-order valence-electron chi connectivity index (χ4n) is 2.48. The number of hydrogen-bond acceptors (Lipinski definition) is 3. The van der Waals surface area contributed by atoms with E-state index in [0.29, 0.717) is 6.54 Å². The number of fused-ring (bicyclic) bond motifs is 2. The molecule has 0 unspecified atom stereocenters. The average molecular weight is 269 g/mol. The predicted octanol–water partition coefficient (Wildman–Crippen LogP) is 3.24. The van der Waals surface area contributed by atoms with E-state index in [1.54, 1.807) is 13.8 Å². The molecule has 0 saturated carbocycles. The second kappa shape index (κ2) is 4.93. The van der Waals surface area contributed by atoms with Gasteiger partial charge >= 0.3 is 0 Å². The third-order valence-corrected chi connectivity index (χ3v) is 3.42. The van der Waals surface area contributed by atoms with E-state index in [4.69, 9.17) is 4.74 Å². The Kier molecular flexibility index (Phi) is 3.24. The highest BCUT2D eigenvalue weighted by molar-refractivity contribution is 5.52. The van der Waals surface area contributed by atoms with Gasteiger partial charge in [-0.25, -0.2) is 0 Å². The zero-order chi connectivity index (χ0) is 14.2. The Morgan fingerprint density at radius 2 is 1.50 bits per heavy atom. The van der Waals surface area contributed by atoms with Gasteiger partial charge in [-0.2, -0.15) is 0 Å². The van der Waals surface area contributed by atoms with Crippen LogP contribution in [0.5, 0.6) is 11.5 Å². The molecule has 0 radical (unpaired) electrons. The van der Waals surface area contributed by atoms with Gasteiger partial charge in [0.25, 0.3) is 0 Å². The van der Waals surface area contributed by atoms with Crippen molar-refractivity contribution in [3.05, 3.63) is 59.7 Å². The van der Waals surface area contributed by atoms with E-state index < -0.39 is 5.60 Å². The first-order valence-electron chi connectivity index (χ1n) is 6.86. The summed E-state index contributed by atoms with van der Waals surface area (Å²) in [6, 6.07) is 16.1. The summed E-state index contributed by atoms with van der Waals surface area (Å²) >= 11 is 0. The molecule has 0 fully saturated rings. The van der Waals surface area contributed by atoms with E-state index >= 15 is 0 Å². The van der Waals surface area contributed by atoms with Crippen LogP contribution in [-0.2, 0) is 0 Å². The quantitative estimate of drug-likeness (QED) is 0.898. The molecule has 1 aliphatic rings. The maximum absolute atomic E-state index is 9.95. The molecule has 1 aliphatic heterocycles. The van der Waals surface area contributed by atoms with Crippen molar-refractivity contribution in [3.8, 4) is 11.5 Å². The number of rotatable bonds is 3. The van der Waals surface area contributed by atoms with Crippen LogP contribution in [0.2, 0.25) is 0 Å². The summed E-state index contributed by atoms with van der Waals surface area (Å²) < 4.78 is 5.94.